The summed E-state index contributed by atoms with van der Waals surface area (Å²) in [5.41, 5.74) is 0. The number of amides is 1. The lowest BCUT2D eigenvalue weighted by atomic mass is 10.1. The molecule has 1 heterocycles. The molecule has 1 atom stereocenters. The van der Waals surface area contributed by atoms with E-state index in [1.165, 1.54) is 4.90 Å². The molecule has 0 aliphatic carbocycles. The van der Waals surface area contributed by atoms with Gasteiger partial charge in [-0.25, -0.2) is 0 Å². The maximum Gasteiger partial charge on any atom is 0.405 e. The Labute approximate surface area is 142 Å². The Kier molecular flexibility index (Phi) is 8.45. The Morgan fingerprint density at radius 2 is 1.92 bits per heavy atom. The molecular formula is C16H30F3N3O2. The van der Waals surface area contributed by atoms with E-state index in [0.717, 1.165) is 0 Å². The topological polar surface area (TPSA) is 44.8 Å². The quantitative estimate of drug-likeness (QED) is 0.677. The first-order valence-corrected chi connectivity index (χ1v) is 8.53. The summed E-state index contributed by atoms with van der Waals surface area (Å²) in [4.78, 5) is 14.8. The molecule has 0 spiro atoms. The molecule has 8 heteroatoms. The third-order valence-electron chi connectivity index (χ3n) is 3.81. The highest BCUT2D eigenvalue weighted by atomic mass is 19.4. The number of nitrogens with zero attached hydrogens (tertiary/aromatic N) is 2. The minimum Gasteiger partial charge on any atom is -0.379 e. The zero-order chi connectivity index (χ0) is 18.3. The third-order valence-corrected chi connectivity index (χ3v) is 3.81. The van der Waals surface area contributed by atoms with Crippen molar-refractivity contribution < 1.29 is 22.7 Å². The van der Waals surface area contributed by atoms with Crippen molar-refractivity contribution in [2.24, 2.45) is 0 Å². The second kappa shape index (κ2) is 9.58. The standard InChI is InChI=1S/C16H30F3N3O2/c1-12(2)20-15(23)11-21-7-8-22(6-5-9-24-13(3)4)14(10-21)16(17,18)19/h12-14H,5-11H2,1-4H3,(H,20,23)/t14-/m0/s1. The predicted octanol–water partition coefficient (Wildman–Crippen LogP) is 1.87. The first-order chi connectivity index (χ1) is 11.1. The Morgan fingerprint density at radius 1 is 1.25 bits per heavy atom. The van der Waals surface area contributed by atoms with Crippen molar-refractivity contribution in [1.82, 2.24) is 15.1 Å². The van der Waals surface area contributed by atoms with Gasteiger partial charge < -0.3 is 10.1 Å². The molecular weight excluding hydrogens is 323 g/mol. The molecule has 0 aromatic carbocycles. The average Bonchev–Trinajstić information content (AvgIpc) is 2.42. The molecule has 1 saturated heterocycles. The SMILES string of the molecule is CC(C)NC(=O)CN1CCN(CCCOC(C)C)[C@H](C(F)(F)F)C1. The second-order valence-corrected chi connectivity index (χ2v) is 6.82. The van der Waals surface area contributed by atoms with Gasteiger partial charge in [-0.05, 0) is 34.1 Å². The Balaban J connectivity index is 2.53. The van der Waals surface area contributed by atoms with E-state index in [2.05, 4.69) is 5.32 Å². The van der Waals surface area contributed by atoms with Crippen molar-refractivity contribution in [3.05, 3.63) is 0 Å². The van der Waals surface area contributed by atoms with Crippen molar-refractivity contribution in [2.45, 2.75) is 58.5 Å². The third kappa shape index (κ3) is 7.81. The van der Waals surface area contributed by atoms with Crippen LogP contribution in [0.15, 0.2) is 0 Å². The zero-order valence-electron chi connectivity index (χ0n) is 15.0. The number of nitrogens with one attached hydrogen (secondary N) is 1. The number of hydrogen-bond donors (Lipinski definition) is 1. The van der Waals surface area contributed by atoms with Crippen molar-refractivity contribution in [2.75, 3.05) is 39.3 Å². The molecule has 0 bridgehead atoms. The zero-order valence-corrected chi connectivity index (χ0v) is 15.0. The summed E-state index contributed by atoms with van der Waals surface area (Å²) in [5, 5.41) is 2.72. The molecule has 1 rings (SSSR count). The van der Waals surface area contributed by atoms with Crippen molar-refractivity contribution in [1.29, 1.82) is 0 Å². The summed E-state index contributed by atoms with van der Waals surface area (Å²) in [6.07, 6.45) is -3.65. The molecule has 1 amide bonds. The first-order valence-electron chi connectivity index (χ1n) is 8.53. The highest BCUT2D eigenvalue weighted by molar-refractivity contribution is 5.78. The van der Waals surface area contributed by atoms with Crippen LogP contribution in [0.4, 0.5) is 13.2 Å². The summed E-state index contributed by atoms with van der Waals surface area (Å²) in [5.74, 6) is -0.232. The molecule has 0 saturated carbocycles. The summed E-state index contributed by atoms with van der Waals surface area (Å²) in [6, 6.07) is -1.55. The van der Waals surface area contributed by atoms with Crippen LogP contribution < -0.4 is 5.32 Å². The van der Waals surface area contributed by atoms with E-state index in [4.69, 9.17) is 4.74 Å². The van der Waals surface area contributed by atoms with Crippen LogP contribution >= 0.6 is 0 Å². The number of rotatable bonds is 8. The number of hydrogen-bond acceptors (Lipinski definition) is 4. The smallest absolute Gasteiger partial charge is 0.379 e. The van der Waals surface area contributed by atoms with Gasteiger partial charge in [-0.2, -0.15) is 13.2 Å². The second-order valence-electron chi connectivity index (χ2n) is 6.82. The maximum atomic E-state index is 13.3. The summed E-state index contributed by atoms with van der Waals surface area (Å²) >= 11 is 0. The largest absolute Gasteiger partial charge is 0.405 e. The van der Waals surface area contributed by atoms with Gasteiger partial charge >= 0.3 is 6.18 Å². The molecule has 0 aromatic heterocycles. The van der Waals surface area contributed by atoms with Gasteiger partial charge in [0.05, 0.1) is 12.6 Å². The summed E-state index contributed by atoms with van der Waals surface area (Å²) in [7, 11) is 0. The van der Waals surface area contributed by atoms with Crippen molar-refractivity contribution in [3.63, 3.8) is 0 Å². The number of ether oxygens (including phenoxy) is 1. The van der Waals surface area contributed by atoms with E-state index in [1.807, 2.05) is 27.7 Å². The maximum absolute atomic E-state index is 13.3. The number of carbonyl (C=O) groups excluding carboxylic acids is 1. The number of alkyl halides is 3. The van der Waals surface area contributed by atoms with Crippen LogP contribution in [-0.4, -0.2) is 79.4 Å². The van der Waals surface area contributed by atoms with Gasteiger partial charge in [0.1, 0.15) is 6.04 Å². The van der Waals surface area contributed by atoms with E-state index in [-0.39, 0.29) is 31.1 Å². The average molecular weight is 353 g/mol. The van der Waals surface area contributed by atoms with E-state index >= 15 is 0 Å². The van der Waals surface area contributed by atoms with Gasteiger partial charge in [-0.1, -0.05) is 0 Å². The molecule has 0 radical (unpaired) electrons. The monoisotopic (exact) mass is 353 g/mol. The van der Waals surface area contributed by atoms with E-state index in [1.54, 1.807) is 4.90 Å². The van der Waals surface area contributed by atoms with E-state index in [9.17, 15) is 18.0 Å². The molecule has 142 valence electrons. The Bertz CT molecular complexity index is 389. The van der Waals surface area contributed by atoms with Crippen molar-refractivity contribution in [3.8, 4) is 0 Å². The van der Waals surface area contributed by atoms with E-state index < -0.39 is 12.2 Å². The molecule has 1 N–H and O–H groups in total. The summed E-state index contributed by atoms with van der Waals surface area (Å²) in [6.45, 7) is 8.88. The molecule has 1 fully saturated rings. The van der Waals surface area contributed by atoms with E-state index in [0.29, 0.717) is 32.7 Å². The lowest BCUT2D eigenvalue weighted by Gasteiger charge is -2.41. The molecule has 24 heavy (non-hydrogen) atoms. The van der Waals surface area contributed by atoms with Crippen LogP contribution in [0.2, 0.25) is 0 Å². The van der Waals surface area contributed by atoms with Gasteiger partial charge in [0.15, 0.2) is 0 Å². The van der Waals surface area contributed by atoms with Crippen LogP contribution in [0.5, 0.6) is 0 Å². The number of piperazine rings is 1. The van der Waals surface area contributed by atoms with Gasteiger partial charge in [0.25, 0.3) is 0 Å². The van der Waals surface area contributed by atoms with Gasteiger partial charge in [0.2, 0.25) is 5.91 Å². The Morgan fingerprint density at radius 3 is 2.46 bits per heavy atom. The highest BCUT2D eigenvalue weighted by Gasteiger charge is 2.46. The van der Waals surface area contributed by atoms with Crippen LogP contribution in [0.3, 0.4) is 0 Å². The van der Waals surface area contributed by atoms with Crippen LogP contribution in [0, 0.1) is 0 Å². The first kappa shape index (κ1) is 21.2. The molecule has 0 aromatic rings. The normalized spacial score (nSPS) is 20.8. The number of carbonyl (C=O) groups is 1. The van der Waals surface area contributed by atoms with Gasteiger partial charge in [-0.15, -0.1) is 0 Å². The molecule has 5 nitrogen and oxygen atoms in total. The fourth-order valence-electron chi connectivity index (χ4n) is 2.76. The van der Waals surface area contributed by atoms with Gasteiger partial charge in [0, 0.05) is 38.8 Å². The molecule has 0 unspecified atom stereocenters. The molecule has 1 aliphatic heterocycles. The minimum absolute atomic E-state index is 0.00899. The number of halogens is 3. The van der Waals surface area contributed by atoms with Gasteiger partial charge in [-0.3, -0.25) is 14.6 Å². The Hall–Kier alpha value is -0.860. The lowest BCUT2D eigenvalue weighted by molar-refractivity contribution is -0.197. The van der Waals surface area contributed by atoms with Crippen LogP contribution in [0.1, 0.15) is 34.1 Å². The van der Waals surface area contributed by atoms with Crippen molar-refractivity contribution >= 4 is 5.91 Å². The predicted molar refractivity (Wildman–Crippen MR) is 86.8 cm³/mol. The van der Waals surface area contributed by atoms with Crippen LogP contribution in [-0.2, 0) is 9.53 Å². The highest BCUT2D eigenvalue weighted by Crippen LogP contribution is 2.28. The summed E-state index contributed by atoms with van der Waals surface area (Å²) < 4.78 is 45.4. The molecule has 1 aliphatic rings. The fraction of sp³-hybridized carbons (Fsp3) is 0.938. The van der Waals surface area contributed by atoms with Crippen LogP contribution in [0.25, 0.3) is 0 Å². The fourth-order valence-corrected chi connectivity index (χ4v) is 2.76. The lowest BCUT2D eigenvalue weighted by Crippen LogP contribution is -2.60. The minimum atomic E-state index is -4.30.